The molecule has 0 spiro atoms. The number of fused-ring (bicyclic) bond motifs is 1. The number of hydrogen-bond donors (Lipinski definition) is 3. The van der Waals surface area contributed by atoms with Crippen LogP contribution in [0.15, 0.2) is 70.3 Å². The van der Waals surface area contributed by atoms with Gasteiger partial charge in [0.2, 0.25) is 0 Å². The molecule has 1 unspecified atom stereocenters. The van der Waals surface area contributed by atoms with Gasteiger partial charge in [-0.3, -0.25) is 14.2 Å². The number of carbonyl (C=O) groups excluding carboxylic acids is 1. The topological polar surface area (TPSA) is 126 Å². The molecule has 0 radical (unpaired) electrons. The van der Waals surface area contributed by atoms with E-state index in [4.69, 9.17) is 4.74 Å². The minimum Gasteiger partial charge on any atom is -0.507 e. The second-order valence-electron chi connectivity index (χ2n) is 9.82. The van der Waals surface area contributed by atoms with Gasteiger partial charge in [0.05, 0.1) is 16.6 Å². The van der Waals surface area contributed by atoms with E-state index in [0.29, 0.717) is 35.4 Å². The van der Waals surface area contributed by atoms with E-state index in [9.17, 15) is 24.6 Å². The Hall–Kier alpha value is -4.57. The number of amides is 1. The first kappa shape index (κ1) is 28.4. The largest absolute Gasteiger partial charge is 0.507 e. The number of rotatable bonds is 10. The fourth-order valence-corrected chi connectivity index (χ4v) is 4.48. The van der Waals surface area contributed by atoms with E-state index in [0.717, 1.165) is 23.2 Å². The normalized spacial score (nSPS) is 12.0. The molecule has 0 saturated heterocycles. The first-order chi connectivity index (χ1) is 19.1. The molecule has 3 N–H and O–H groups in total. The number of aromatic nitrogens is 2. The van der Waals surface area contributed by atoms with Gasteiger partial charge in [-0.05, 0) is 75.0 Å². The van der Waals surface area contributed by atoms with Crippen molar-refractivity contribution in [2.45, 2.75) is 26.3 Å². The predicted octanol–water partition coefficient (Wildman–Crippen LogP) is 2.79. The summed E-state index contributed by atoms with van der Waals surface area (Å²) in [5, 5.41) is 23.0. The van der Waals surface area contributed by atoms with Crippen molar-refractivity contribution >= 4 is 16.8 Å². The number of nitrogens with one attached hydrogen (secondary N) is 1. The third kappa shape index (κ3) is 6.02. The van der Waals surface area contributed by atoms with E-state index in [-0.39, 0.29) is 23.1 Å². The lowest BCUT2D eigenvalue weighted by Gasteiger charge is -2.16. The summed E-state index contributed by atoms with van der Waals surface area (Å²) in [6.45, 7) is 5.99. The second kappa shape index (κ2) is 12.1. The van der Waals surface area contributed by atoms with E-state index < -0.39 is 17.2 Å². The Balaban J connectivity index is 1.54. The number of carbonyl (C=O) groups is 1. The number of hydrogen-bond acceptors (Lipinski definition) is 7. The van der Waals surface area contributed by atoms with E-state index in [1.807, 2.05) is 7.05 Å². The molecule has 10 heteroatoms. The summed E-state index contributed by atoms with van der Waals surface area (Å²) in [5.41, 5.74) is 0.704. The van der Waals surface area contributed by atoms with Crippen LogP contribution < -0.4 is 21.3 Å². The Kier molecular flexibility index (Phi) is 8.59. The molecule has 1 atom stereocenters. The van der Waals surface area contributed by atoms with E-state index >= 15 is 0 Å². The van der Waals surface area contributed by atoms with Gasteiger partial charge in [-0.15, -0.1) is 0 Å². The van der Waals surface area contributed by atoms with Gasteiger partial charge in [0.15, 0.2) is 0 Å². The third-order valence-electron chi connectivity index (χ3n) is 6.88. The number of phenolic OH excluding ortho intramolecular Hbond substituents is 2. The van der Waals surface area contributed by atoms with Crippen LogP contribution in [0.1, 0.15) is 29.8 Å². The Morgan fingerprint density at radius 3 is 2.38 bits per heavy atom. The average molecular weight is 547 g/mol. The monoisotopic (exact) mass is 546 g/mol. The molecule has 4 aromatic rings. The number of nitrogens with zero attached hydrogens (tertiary/aromatic N) is 3. The van der Waals surface area contributed by atoms with Crippen molar-refractivity contribution in [1.29, 1.82) is 0 Å². The molecule has 210 valence electrons. The van der Waals surface area contributed by atoms with E-state index in [2.05, 4.69) is 17.1 Å². The molecule has 3 aromatic carbocycles. The molecule has 1 amide bonds. The van der Waals surface area contributed by atoms with Crippen molar-refractivity contribution in [3.8, 4) is 22.9 Å². The summed E-state index contributed by atoms with van der Waals surface area (Å²) in [6.07, 6.45) is 0.443. The first-order valence-corrected chi connectivity index (χ1v) is 13.1. The van der Waals surface area contributed by atoms with Gasteiger partial charge in [0.1, 0.15) is 29.4 Å². The van der Waals surface area contributed by atoms with E-state index in [1.165, 1.54) is 22.8 Å². The minimum atomic E-state index is -0.591. The van der Waals surface area contributed by atoms with Gasteiger partial charge < -0.3 is 25.2 Å². The summed E-state index contributed by atoms with van der Waals surface area (Å²) in [5.74, 6) is -0.645. The quantitative estimate of drug-likeness (QED) is 0.279. The highest BCUT2D eigenvalue weighted by Crippen LogP contribution is 2.26. The minimum absolute atomic E-state index is 0.182. The molecule has 0 aliphatic heterocycles. The lowest BCUT2D eigenvalue weighted by atomic mass is 10.1. The number of benzene rings is 3. The summed E-state index contributed by atoms with van der Waals surface area (Å²) in [7, 11) is 3.63. The molecule has 1 aromatic heterocycles. The van der Waals surface area contributed by atoms with Crippen molar-refractivity contribution in [1.82, 2.24) is 19.4 Å². The smallest absolute Gasteiger partial charge is 0.335 e. The molecule has 0 aliphatic carbocycles. The highest BCUT2D eigenvalue weighted by atomic mass is 16.5. The van der Waals surface area contributed by atoms with Crippen LogP contribution in [-0.2, 0) is 13.5 Å². The maximum atomic E-state index is 13.5. The lowest BCUT2D eigenvalue weighted by molar-refractivity contribution is 0.0934. The van der Waals surface area contributed by atoms with Crippen molar-refractivity contribution in [3.63, 3.8) is 0 Å². The zero-order chi connectivity index (χ0) is 29.0. The molecule has 10 nitrogen and oxygen atoms in total. The number of aromatic hydroxyl groups is 2. The summed E-state index contributed by atoms with van der Waals surface area (Å²) >= 11 is 0. The van der Waals surface area contributed by atoms with Crippen LogP contribution >= 0.6 is 0 Å². The standard InChI is InChI=1S/C30H34N4O6/c1-5-32(3)15-16-40-22-13-14-24-23(18-22)29(38)34(30(39)33(24)4)21-11-9-20(10-12-21)17-19(2)31-28(37)27-25(35)7-6-8-26(27)36/h6-14,18-19,35-36H,5,15-17H2,1-4H3,(H,31,37). The summed E-state index contributed by atoms with van der Waals surface area (Å²) < 4.78 is 8.41. The molecular weight excluding hydrogens is 512 g/mol. The number of likely N-dealkylation sites (N-methyl/N-ethyl adjacent to an activating group) is 1. The van der Waals surface area contributed by atoms with Crippen LogP contribution in [0.2, 0.25) is 0 Å². The van der Waals surface area contributed by atoms with E-state index in [1.54, 1.807) is 56.4 Å². The summed E-state index contributed by atoms with van der Waals surface area (Å²) in [6, 6.07) is 15.9. The zero-order valence-corrected chi connectivity index (χ0v) is 23.0. The Morgan fingerprint density at radius 2 is 1.73 bits per heavy atom. The highest BCUT2D eigenvalue weighted by molar-refractivity contribution is 5.99. The Labute approximate surface area is 231 Å². The van der Waals surface area contributed by atoms with Gasteiger partial charge in [-0.25, -0.2) is 9.36 Å². The fraction of sp³-hybridized carbons (Fsp3) is 0.300. The van der Waals surface area contributed by atoms with Crippen molar-refractivity contribution in [3.05, 3.63) is 92.6 Å². The average Bonchev–Trinajstić information content (AvgIpc) is 2.92. The second-order valence-corrected chi connectivity index (χ2v) is 9.82. The SMILES string of the molecule is CCN(C)CCOc1ccc2c(c1)c(=O)n(-c1ccc(CC(C)NC(=O)c3c(O)cccc3O)cc1)c(=O)n2C. The first-order valence-electron chi connectivity index (χ1n) is 13.1. The van der Waals surface area contributed by atoms with Crippen LogP contribution in [0.4, 0.5) is 0 Å². The molecular formula is C30H34N4O6. The zero-order valence-electron chi connectivity index (χ0n) is 23.0. The number of aryl methyl sites for hydroxylation is 1. The Morgan fingerprint density at radius 1 is 1.05 bits per heavy atom. The molecule has 0 bridgehead atoms. The molecule has 4 rings (SSSR count). The van der Waals surface area contributed by atoms with Crippen LogP contribution in [0.5, 0.6) is 17.2 Å². The van der Waals surface area contributed by atoms with Crippen LogP contribution in [-0.4, -0.2) is 62.9 Å². The molecule has 1 heterocycles. The van der Waals surface area contributed by atoms with Gasteiger partial charge in [-0.1, -0.05) is 25.1 Å². The maximum Gasteiger partial charge on any atom is 0.335 e. The maximum absolute atomic E-state index is 13.5. The highest BCUT2D eigenvalue weighted by Gasteiger charge is 2.18. The molecule has 0 fully saturated rings. The van der Waals surface area contributed by atoms with Crippen LogP contribution in [0.25, 0.3) is 16.6 Å². The van der Waals surface area contributed by atoms with Crippen LogP contribution in [0.3, 0.4) is 0 Å². The predicted molar refractivity (Wildman–Crippen MR) is 154 cm³/mol. The fourth-order valence-electron chi connectivity index (χ4n) is 4.48. The summed E-state index contributed by atoms with van der Waals surface area (Å²) in [4.78, 5) is 41.3. The van der Waals surface area contributed by atoms with Crippen molar-refractivity contribution in [2.24, 2.45) is 7.05 Å². The van der Waals surface area contributed by atoms with Gasteiger partial charge in [0.25, 0.3) is 11.5 Å². The third-order valence-corrected chi connectivity index (χ3v) is 6.88. The van der Waals surface area contributed by atoms with Crippen molar-refractivity contribution < 1.29 is 19.7 Å². The van der Waals surface area contributed by atoms with Crippen molar-refractivity contribution in [2.75, 3.05) is 26.7 Å². The number of phenols is 2. The molecule has 0 saturated carbocycles. The molecule has 0 aliphatic rings. The number of ether oxygens (including phenoxy) is 1. The van der Waals surface area contributed by atoms with Gasteiger partial charge in [0, 0.05) is 19.6 Å². The van der Waals surface area contributed by atoms with Crippen LogP contribution in [0, 0.1) is 0 Å². The molecule has 40 heavy (non-hydrogen) atoms. The van der Waals surface area contributed by atoms with Gasteiger partial charge >= 0.3 is 5.69 Å². The Bertz CT molecular complexity index is 1620. The van der Waals surface area contributed by atoms with Gasteiger partial charge in [-0.2, -0.15) is 0 Å². The lowest BCUT2D eigenvalue weighted by Crippen LogP contribution is -2.38.